The van der Waals surface area contributed by atoms with E-state index in [0.717, 1.165) is 51.2 Å². The van der Waals surface area contributed by atoms with Gasteiger partial charge in [0.15, 0.2) is 0 Å². The molecule has 1 saturated carbocycles. The highest BCUT2D eigenvalue weighted by Crippen LogP contribution is 2.29. The smallest absolute Gasteiger partial charge is 0.319 e. The van der Waals surface area contributed by atoms with E-state index in [4.69, 9.17) is 9.47 Å². The SMILES string of the molecule is C[C@H](CO)N1C[C@H](C)[C@H](CN(C)S(C)(=O)=O)OCCCC[C@H](C)Oc2ccc(NC(=O)NC3CCCCC3)cc2C1=O. The summed E-state index contributed by atoms with van der Waals surface area (Å²) < 4.78 is 38.0. The van der Waals surface area contributed by atoms with Gasteiger partial charge < -0.3 is 30.1 Å². The standard InChI is InChI=1S/C30H50N4O7S/c1-21-18-34(22(2)20-35)29(36)26-17-25(32-30(37)31-24-12-7-6-8-13-24)14-15-27(26)41-23(3)11-9-10-16-40-28(21)19-33(4)42(5,38)39/h14-15,17,21-24,28,35H,6-13,16,18-20H2,1-5H3,(H2,31,32,37)/t21-,22+,23-,28-/m0/s1. The van der Waals surface area contributed by atoms with Crippen LogP contribution in [0.25, 0.3) is 0 Å². The monoisotopic (exact) mass is 610 g/mol. The van der Waals surface area contributed by atoms with Crippen molar-refractivity contribution in [2.24, 2.45) is 5.92 Å². The zero-order valence-electron chi connectivity index (χ0n) is 25.8. The summed E-state index contributed by atoms with van der Waals surface area (Å²) in [7, 11) is -1.91. The predicted octanol–water partition coefficient (Wildman–Crippen LogP) is 3.83. The summed E-state index contributed by atoms with van der Waals surface area (Å²) in [5.41, 5.74) is 0.751. The van der Waals surface area contributed by atoms with Crippen LogP contribution >= 0.6 is 0 Å². The van der Waals surface area contributed by atoms with Crippen LogP contribution in [0.15, 0.2) is 18.2 Å². The minimum atomic E-state index is -3.43. The molecule has 1 fully saturated rings. The van der Waals surface area contributed by atoms with Crippen molar-refractivity contribution in [2.75, 3.05) is 44.9 Å². The number of nitrogens with one attached hydrogen (secondary N) is 2. The number of fused-ring (bicyclic) bond motifs is 1. The molecule has 11 nitrogen and oxygen atoms in total. The molecule has 1 aliphatic heterocycles. The number of aliphatic hydroxyl groups excluding tert-OH is 1. The molecule has 42 heavy (non-hydrogen) atoms. The van der Waals surface area contributed by atoms with Crippen LogP contribution in [-0.4, -0.2) is 98.6 Å². The fourth-order valence-electron chi connectivity index (χ4n) is 5.45. The van der Waals surface area contributed by atoms with Gasteiger partial charge in [0.1, 0.15) is 5.75 Å². The lowest BCUT2D eigenvalue weighted by Crippen LogP contribution is -2.48. The van der Waals surface area contributed by atoms with Crippen LogP contribution in [0.5, 0.6) is 5.75 Å². The Bertz CT molecular complexity index is 1140. The molecule has 1 aliphatic carbocycles. The van der Waals surface area contributed by atoms with Gasteiger partial charge in [0.2, 0.25) is 10.0 Å². The van der Waals surface area contributed by atoms with Gasteiger partial charge in [0.05, 0.1) is 36.7 Å². The summed E-state index contributed by atoms with van der Waals surface area (Å²) in [6, 6.07) is 4.37. The lowest BCUT2D eigenvalue weighted by Gasteiger charge is -2.35. The normalized spacial score (nSPS) is 24.3. The first-order valence-corrected chi connectivity index (χ1v) is 17.1. The lowest BCUT2D eigenvalue weighted by atomic mass is 9.96. The van der Waals surface area contributed by atoms with Gasteiger partial charge in [-0.1, -0.05) is 26.2 Å². The third kappa shape index (κ3) is 10.1. The molecule has 4 atom stereocenters. The first kappa shape index (κ1) is 34.1. The van der Waals surface area contributed by atoms with Crippen molar-refractivity contribution in [3.05, 3.63) is 23.8 Å². The fourth-order valence-corrected chi connectivity index (χ4v) is 5.87. The second-order valence-corrected chi connectivity index (χ2v) is 14.1. The van der Waals surface area contributed by atoms with Crippen LogP contribution in [0, 0.1) is 5.92 Å². The number of ether oxygens (including phenoxy) is 2. The van der Waals surface area contributed by atoms with E-state index < -0.39 is 22.2 Å². The van der Waals surface area contributed by atoms with E-state index in [9.17, 15) is 23.1 Å². The Morgan fingerprint density at radius 3 is 2.50 bits per heavy atom. The second kappa shape index (κ2) is 15.9. The number of urea groups is 1. The molecule has 12 heteroatoms. The first-order chi connectivity index (χ1) is 19.9. The first-order valence-electron chi connectivity index (χ1n) is 15.2. The summed E-state index contributed by atoms with van der Waals surface area (Å²) in [4.78, 5) is 28.5. The summed E-state index contributed by atoms with van der Waals surface area (Å²) in [6.07, 6.45) is 8.17. The number of amides is 3. The number of anilines is 1. The highest BCUT2D eigenvalue weighted by Gasteiger charge is 2.31. The van der Waals surface area contributed by atoms with Crippen LogP contribution in [0.4, 0.5) is 10.5 Å². The quantitative estimate of drug-likeness (QED) is 0.427. The summed E-state index contributed by atoms with van der Waals surface area (Å²) in [6.45, 7) is 6.19. The molecule has 1 aromatic rings. The number of aliphatic hydroxyl groups is 1. The third-order valence-corrected chi connectivity index (χ3v) is 9.53. The van der Waals surface area contributed by atoms with Gasteiger partial charge in [-0.15, -0.1) is 0 Å². The van der Waals surface area contributed by atoms with Crippen LogP contribution in [0.3, 0.4) is 0 Å². The minimum Gasteiger partial charge on any atom is -0.490 e. The van der Waals surface area contributed by atoms with E-state index in [1.807, 2.05) is 13.8 Å². The zero-order chi connectivity index (χ0) is 30.9. The summed E-state index contributed by atoms with van der Waals surface area (Å²) in [5, 5.41) is 16.0. The van der Waals surface area contributed by atoms with Gasteiger partial charge >= 0.3 is 6.03 Å². The maximum Gasteiger partial charge on any atom is 0.319 e. The van der Waals surface area contributed by atoms with Gasteiger partial charge in [-0.25, -0.2) is 17.5 Å². The van der Waals surface area contributed by atoms with Gasteiger partial charge in [0, 0.05) is 44.4 Å². The van der Waals surface area contributed by atoms with Crippen molar-refractivity contribution in [1.29, 1.82) is 0 Å². The van der Waals surface area contributed by atoms with E-state index in [2.05, 4.69) is 10.6 Å². The zero-order valence-corrected chi connectivity index (χ0v) is 26.6. The number of nitrogens with zero attached hydrogens (tertiary/aromatic N) is 2. The largest absolute Gasteiger partial charge is 0.490 e. The average molecular weight is 611 g/mol. The number of benzene rings is 1. The van der Waals surface area contributed by atoms with Crippen molar-refractivity contribution in [1.82, 2.24) is 14.5 Å². The maximum absolute atomic E-state index is 14.2. The molecule has 0 radical (unpaired) electrons. The molecule has 3 rings (SSSR count). The molecular formula is C30H50N4O7S. The van der Waals surface area contributed by atoms with E-state index in [-0.39, 0.29) is 55.3 Å². The predicted molar refractivity (Wildman–Crippen MR) is 163 cm³/mol. The molecule has 1 heterocycles. The number of hydrogen-bond acceptors (Lipinski definition) is 7. The highest BCUT2D eigenvalue weighted by molar-refractivity contribution is 7.88. The van der Waals surface area contributed by atoms with Crippen LogP contribution in [-0.2, 0) is 14.8 Å². The summed E-state index contributed by atoms with van der Waals surface area (Å²) >= 11 is 0. The van der Waals surface area contributed by atoms with Crippen molar-refractivity contribution in [3.63, 3.8) is 0 Å². The Balaban J connectivity index is 1.91. The molecule has 1 aromatic carbocycles. The van der Waals surface area contributed by atoms with Crippen molar-refractivity contribution >= 4 is 27.6 Å². The molecule has 3 amide bonds. The maximum atomic E-state index is 14.2. The Morgan fingerprint density at radius 1 is 1.14 bits per heavy atom. The third-order valence-electron chi connectivity index (χ3n) is 8.25. The number of carbonyl (C=O) groups excluding carboxylic acids is 2. The Hall–Kier alpha value is -2.41. The van der Waals surface area contributed by atoms with E-state index in [1.54, 1.807) is 30.0 Å². The summed E-state index contributed by atoms with van der Waals surface area (Å²) in [5.74, 6) is -0.189. The van der Waals surface area contributed by atoms with Crippen molar-refractivity contribution < 1.29 is 32.6 Å². The van der Waals surface area contributed by atoms with Crippen LogP contribution in [0.2, 0.25) is 0 Å². The Labute approximate surface area is 251 Å². The highest BCUT2D eigenvalue weighted by atomic mass is 32.2. The topological polar surface area (TPSA) is 138 Å². The number of sulfonamides is 1. The van der Waals surface area contributed by atoms with Crippen LogP contribution in [0.1, 0.15) is 82.5 Å². The molecule has 0 unspecified atom stereocenters. The molecule has 238 valence electrons. The number of rotatable bonds is 7. The molecule has 0 spiro atoms. The Morgan fingerprint density at radius 2 is 1.83 bits per heavy atom. The van der Waals surface area contributed by atoms with Crippen molar-refractivity contribution in [2.45, 2.75) is 96.4 Å². The number of likely N-dealkylation sites (N-methyl/N-ethyl adjacent to an activating group) is 1. The molecule has 0 aromatic heterocycles. The van der Waals surface area contributed by atoms with Gasteiger partial charge in [-0.2, -0.15) is 0 Å². The van der Waals surface area contributed by atoms with E-state index >= 15 is 0 Å². The van der Waals surface area contributed by atoms with E-state index in [1.165, 1.54) is 17.8 Å². The lowest BCUT2D eigenvalue weighted by molar-refractivity contribution is -0.00828. The second-order valence-electron chi connectivity index (χ2n) is 12.0. The molecule has 2 aliphatic rings. The molecule has 3 N–H and O–H groups in total. The number of carbonyl (C=O) groups is 2. The van der Waals surface area contributed by atoms with Gasteiger partial charge in [0.25, 0.3) is 5.91 Å². The van der Waals surface area contributed by atoms with Gasteiger partial charge in [-0.3, -0.25) is 4.79 Å². The average Bonchev–Trinajstić information content (AvgIpc) is 2.94. The fraction of sp³-hybridized carbons (Fsp3) is 0.733. The minimum absolute atomic E-state index is 0.140. The molecular weight excluding hydrogens is 560 g/mol. The van der Waals surface area contributed by atoms with Gasteiger partial charge in [-0.05, 0) is 64.2 Å². The molecule has 0 bridgehead atoms. The Kier molecular flexibility index (Phi) is 12.9. The van der Waals surface area contributed by atoms with E-state index in [0.29, 0.717) is 18.0 Å². The number of hydrogen-bond donors (Lipinski definition) is 3. The van der Waals surface area contributed by atoms with Crippen molar-refractivity contribution in [3.8, 4) is 5.75 Å². The van der Waals surface area contributed by atoms with Crippen LogP contribution < -0.4 is 15.4 Å². The molecule has 0 saturated heterocycles.